The molecule has 124 valence electrons. The van der Waals surface area contributed by atoms with Crippen molar-refractivity contribution in [2.24, 2.45) is 5.73 Å². The zero-order valence-electron chi connectivity index (χ0n) is 14.0. The normalized spacial score (nSPS) is 18.2. The van der Waals surface area contributed by atoms with Gasteiger partial charge in [-0.05, 0) is 38.6 Å². The molecule has 1 aromatic carbocycles. The molecule has 1 fully saturated rings. The third-order valence-corrected chi connectivity index (χ3v) is 4.15. The second kappa shape index (κ2) is 8.36. The van der Waals surface area contributed by atoms with Gasteiger partial charge in [-0.1, -0.05) is 6.07 Å². The van der Waals surface area contributed by atoms with Gasteiger partial charge in [0.05, 0.1) is 13.2 Å². The van der Waals surface area contributed by atoms with Crippen LogP contribution in [0.2, 0.25) is 0 Å². The van der Waals surface area contributed by atoms with Crippen LogP contribution in [0.3, 0.4) is 0 Å². The van der Waals surface area contributed by atoms with E-state index >= 15 is 0 Å². The molecule has 0 aromatic heterocycles. The molecule has 0 bridgehead atoms. The lowest BCUT2D eigenvalue weighted by Gasteiger charge is -2.37. The fourth-order valence-corrected chi connectivity index (χ4v) is 2.90. The quantitative estimate of drug-likeness (QED) is 0.831. The Kier molecular flexibility index (Phi) is 6.49. The molecule has 1 atom stereocenters. The lowest BCUT2D eigenvalue weighted by atomic mass is 10.0. The summed E-state index contributed by atoms with van der Waals surface area (Å²) in [4.78, 5) is 4.82. The Morgan fingerprint density at radius 2 is 1.68 bits per heavy atom. The number of piperazine rings is 1. The Morgan fingerprint density at radius 3 is 2.27 bits per heavy atom. The minimum atomic E-state index is 0.239. The number of rotatable bonds is 7. The van der Waals surface area contributed by atoms with Crippen molar-refractivity contribution in [1.29, 1.82) is 0 Å². The van der Waals surface area contributed by atoms with Crippen molar-refractivity contribution in [3.8, 4) is 11.5 Å². The molecule has 0 amide bonds. The van der Waals surface area contributed by atoms with Gasteiger partial charge in [0, 0.05) is 38.8 Å². The van der Waals surface area contributed by atoms with Crippen LogP contribution < -0.4 is 15.2 Å². The van der Waals surface area contributed by atoms with Gasteiger partial charge in [0.25, 0.3) is 0 Å². The summed E-state index contributed by atoms with van der Waals surface area (Å²) < 4.78 is 11.4. The van der Waals surface area contributed by atoms with E-state index in [1.165, 1.54) is 5.56 Å². The van der Waals surface area contributed by atoms with Crippen LogP contribution in [0.5, 0.6) is 11.5 Å². The summed E-state index contributed by atoms with van der Waals surface area (Å²) in [5, 5.41) is 0. The summed E-state index contributed by atoms with van der Waals surface area (Å²) >= 11 is 0. The van der Waals surface area contributed by atoms with E-state index in [-0.39, 0.29) is 6.04 Å². The topological polar surface area (TPSA) is 51.0 Å². The fourth-order valence-electron chi connectivity index (χ4n) is 2.90. The van der Waals surface area contributed by atoms with Gasteiger partial charge in [-0.3, -0.25) is 4.90 Å². The van der Waals surface area contributed by atoms with E-state index in [9.17, 15) is 0 Å². The summed E-state index contributed by atoms with van der Waals surface area (Å²) in [6.45, 7) is 10.1. The van der Waals surface area contributed by atoms with Crippen LogP contribution >= 0.6 is 0 Å². The molecule has 0 saturated carbocycles. The van der Waals surface area contributed by atoms with Crippen molar-refractivity contribution in [3.05, 3.63) is 23.8 Å². The van der Waals surface area contributed by atoms with Gasteiger partial charge in [0.2, 0.25) is 0 Å². The van der Waals surface area contributed by atoms with Crippen LogP contribution in [0.25, 0.3) is 0 Å². The molecule has 5 heteroatoms. The van der Waals surface area contributed by atoms with Gasteiger partial charge in [-0.25, -0.2) is 0 Å². The van der Waals surface area contributed by atoms with E-state index in [1.54, 1.807) is 0 Å². The molecule has 5 nitrogen and oxygen atoms in total. The molecule has 1 aliphatic rings. The Bertz CT molecular complexity index is 459. The van der Waals surface area contributed by atoms with Crippen LogP contribution in [0.4, 0.5) is 0 Å². The molecule has 1 unspecified atom stereocenters. The number of nitrogens with zero attached hydrogens (tertiary/aromatic N) is 2. The van der Waals surface area contributed by atoms with E-state index in [2.05, 4.69) is 29.0 Å². The van der Waals surface area contributed by atoms with Crippen molar-refractivity contribution in [3.63, 3.8) is 0 Å². The van der Waals surface area contributed by atoms with E-state index in [0.29, 0.717) is 19.8 Å². The molecule has 2 N–H and O–H groups in total. The monoisotopic (exact) mass is 307 g/mol. The van der Waals surface area contributed by atoms with Gasteiger partial charge >= 0.3 is 0 Å². The highest BCUT2D eigenvalue weighted by atomic mass is 16.5. The maximum absolute atomic E-state index is 6.06. The predicted octanol–water partition coefficient (Wildman–Crippen LogP) is 1.73. The molecule has 22 heavy (non-hydrogen) atoms. The minimum absolute atomic E-state index is 0.239. The molecule has 0 aliphatic carbocycles. The van der Waals surface area contributed by atoms with E-state index < -0.39 is 0 Å². The molecular formula is C17H29N3O2. The largest absolute Gasteiger partial charge is 0.490 e. The smallest absolute Gasteiger partial charge is 0.161 e. The number of nitrogens with two attached hydrogens (primary N) is 1. The van der Waals surface area contributed by atoms with Crippen LogP contribution in [-0.4, -0.2) is 62.8 Å². The van der Waals surface area contributed by atoms with Crippen molar-refractivity contribution < 1.29 is 9.47 Å². The van der Waals surface area contributed by atoms with Crippen molar-refractivity contribution in [2.45, 2.75) is 19.9 Å². The van der Waals surface area contributed by atoms with E-state index in [4.69, 9.17) is 15.2 Å². The second-order valence-corrected chi connectivity index (χ2v) is 5.66. The molecule has 1 aliphatic heterocycles. The first-order valence-electron chi connectivity index (χ1n) is 8.21. The van der Waals surface area contributed by atoms with Crippen molar-refractivity contribution >= 4 is 0 Å². The maximum Gasteiger partial charge on any atom is 0.161 e. The summed E-state index contributed by atoms with van der Waals surface area (Å²) in [5.74, 6) is 1.62. The zero-order valence-corrected chi connectivity index (χ0v) is 14.0. The van der Waals surface area contributed by atoms with E-state index in [0.717, 1.165) is 37.7 Å². The highest BCUT2D eigenvalue weighted by Crippen LogP contribution is 2.32. The first-order chi connectivity index (χ1) is 10.7. The SMILES string of the molecule is CCOc1ccc(C(CN)N2CCN(C)CC2)cc1OCC. The van der Waals surface area contributed by atoms with Crippen molar-refractivity contribution in [1.82, 2.24) is 9.80 Å². The lowest BCUT2D eigenvalue weighted by molar-refractivity contribution is 0.114. The van der Waals surface area contributed by atoms with Crippen molar-refractivity contribution in [2.75, 3.05) is 53.0 Å². The van der Waals surface area contributed by atoms with Crippen LogP contribution in [0, 0.1) is 0 Å². The molecule has 1 saturated heterocycles. The minimum Gasteiger partial charge on any atom is -0.490 e. The summed E-state index contributed by atoms with van der Waals surface area (Å²) in [6, 6.07) is 6.44. The predicted molar refractivity (Wildman–Crippen MR) is 89.6 cm³/mol. The highest BCUT2D eigenvalue weighted by molar-refractivity contribution is 5.44. The third-order valence-electron chi connectivity index (χ3n) is 4.15. The lowest BCUT2D eigenvalue weighted by Crippen LogP contribution is -2.47. The standard InChI is InChI=1S/C17H29N3O2/c1-4-21-16-7-6-14(12-17(16)22-5-2)15(13-18)20-10-8-19(3)9-11-20/h6-7,12,15H,4-5,8-11,13,18H2,1-3H3. The molecular weight excluding hydrogens is 278 g/mol. The third kappa shape index (κ3) is 4.12. The number of likely N-dealkylation sites (N-methyl/N-ethyl adjacent to an activating group) is 1. The Labute approximate surface area is 134 Å². The van der Waals surface area contributed by atoms with Gasteiger partial charge in [0.15, 0.2) is 11.5 Å². The average Bonchev–Trinajstić information content (AvgIpc) is 2.53. The molecule has 1 heterocycles. The molecule has 0 spiro atoms. The Balaban J connectivity index is 2.19. The van der Waals surface area contributed by atoms with Gasteiger partial charge in [-0.15, -0.1) is 0 Å². The number of hydrogen-bond donors (Lipinski definition) is 1. The molecule has 2 rings (SSSR count). The number of benzene rings is 1. The summed E-state index contributed by atoms with van der Waals surface area (Å²) in [5.41, 5.74) is 7.27. The highest BCUT2D eigenvalue weighted by Gasteiger charge is 2.23. The van der Waals surface area contributed by atoms with Gasteiger partial charge in [0.1, 0.15) is 0 Å². The van der Waals surface area contributed by atoms with E-state index in [1.807, 2.05) is 19.9 Å². The number of ether oxygens (including phenoxy) is 2. The number of hydrogen-bond acceptors (Lipinski definition) is 5. The van der Waals surface area contributed by atoms with Crippen LogP contribution in [-0.2, 0) is 0 Å². The first-order valence-corrected chi connectivity index (χ1v) is 8.21. The summed E-state index contributed by atoms with van der Waals surface area (Å²) in [7, 11) is 2.17. The fraction of sp³-hybridized carbons (Fsp3) is 0.647. The Morgan fingerprint density at radius 1 is 1.05 bits per heavy atom. The molecule has 1 aromatic rings. The van der Waals surface area contributed by atoms with Gasteiger partial charge < -0.3 is 20.1 Å². The second-order valence-electron chi connectivity index (χ2n) is 5.66. The zero-order chi connectivity index (χ0) is 15.9. The maximum atomic E-state index is 6.06. The summed E-state index contributed by atoms with van der Waals surface area (Å²) in [6.07, 6.45) is 0. The average molecular weight is 307 g/mol. The van der Waals surface area contributed by atoms with Gasteiger partial charge in [-0.2, -0.15) is 0 Å². The van der Waals surface area contributed by atoms with Crippen LogP contribution in [0.1, 0.15) is 25.5 Å². The Hall–Kier alpha value is -1.30. The first kappa shape index (κ1) is 17.1. The van der Waals surface area contributed by atoms with Crippen LogP contribution in [0.15, 0.2) is 18.2 Å². The molecule has 0 radical (unpaired) electrons.